The van der Waals surface area contributed by atoms with Gasteiger partial charge < -0.3 is 39.7 Å². The van der Waals surface area contributed by atoms with Gasteiger partial charge in [0.15, 0.2) is 23.7 Å². The van der Waals surface area contributed by atoms with Crippen LogP contribution >= 0.6 is 0 Å². The van der Waals surface area contributed by atoms with Gasteiger partial charge in [0.05, 0.1) is 17.4 Å². The summed E-state index contributed by atoms with van der Waals surface area (Å²) < 4.78 is 17.1. The molecule has 4 N–H and O–H groups in total. The van der Waals surface area contributed by atoms with E-state index in [0.717, 1.165) is 5.56 Å². The number of nitrogens with one attached hydrogen (secondary N) is 1. The Hall–Kier alpha value is -3.15. The number of hydrogen-bond acceptors (Lipinski definition) is 10. The SMILES string of the molecule is Cc1ccc(O)c2c1C13CCN(C)[C@H](C)[C@]1(O)CC=C(OC(=O)[C@H](C)OC(=O)CCNC(=O)[C@H](C)O)C3O2. The summed E-state index contributed by atoms with van der Waals surface area (Å²) in [5.41, 5.74) is -0.666. The summed E-state index contributed by atoms with van der Waals surface area (Å²) in [6.07, 6.45) is -1.19. The summed E-state index contributed by atoms with van der Waals surface area (Å²) >= 11 is 0. The first-order valence-corrected chi connectivity index (χ1v) is 12.8. The first-order valence-electron chi connectivity index (χ1n) is 12.8. The second-order valence-corrected chi connectivity index (χ2v) is 10.5. The summed E-state index contributed by atoms with van der Waals surface area (Å²) in [6, 6.07) is 3.07. The van der Waals surface area contributed by atoms with Crippen molar-refractivity contribution in [3.05, 3.63) is 35.1 Å². The fourth-order valence-electron chi connectivity index (χ4n) is 5.94. The lowest BCUT2D eigenvalue weighted by molar-refractivity contribution is -0.171. The largest absolute Gasteiger partial charge is 0.504 e. The number of fused-ring (bicyclic) bond motifs is 1. The van der Waals surface area contributed by atoms with Gasteiger partial charge in [-0.25, -0.2) is 4.79 Å². The maximum absolute atomic E-state index is 12.9. The van der Waals surface area contributed by atoms with E-state index in [1.54, 1.807) is 18.2 Å². The maximum atomic E-state index is 12.9. The molecule has 208 valence electrons. The van der Waals surface area contributed by atoms with E-state index >= 15 is 0 Å². The zero-order valence-electron chi connectivity index (χ0n) is 22.3. The minimum Gasteiger partial charge on any atom is -0.504 e. The van der Waals surface area contributed by atoms with Gasteiger partial charge in [0.25, 0.3) is 0 Å². The van der Waals surface area contributed by atoms with E-state index in [1.165, 1.54) is 13.8 Å². The number of carbonyl (C=O) groups excluding carboxylic acids is 3. The van der Waals surface area contributed by atoms with Crippen molar-refractivity contribution in [2.75, 3.05) is 20.1 Å². The molecule has 2 unspecified atom stereocenters. The van der Waals surface area contributed by atoms with E-state index in [4.69, 9.17) is 14.2 Å². The van der Waals surface area contributed by atoms with Gasteiger partial charge in [-0.3, -0.25) is 9.59 Å². The van der Waals surface area contributed by atoms with Crippen LogP contribution < -0.4 is 10.1 Å². The summed E-state index contributed by atoms with van der Waals surface area (Å²) in [5.74, 6) is -1.76. The topological polar surface area (TPSA) is 155 Å². The first kappa shape index (κ1) is 27.9. The number of aryl methyl sites for hydroxylation is 1. The molecular weight excluding hydrogens is 496 g/mol. The van der Waals surface area contributed by atoms with Crippen LogP contribution in [-0.2, 0) is 29.3 Å². The normalized spacial score (nSPS) is 29.5. The van der Waals surface area contributed by atoms with Crippen LogP contribution in [0.5, 0.6) is 11.5 Å². The fourth-order valence-corrected chi connectivity index (χ4v) is 5.94. The predicted molar refractivity (Wildman–Crippen MR) is 134 cm³/mol. The molecule has 6 atom stereocenters. The van der Waals surface area contributed by atoms with Crippen molar-refractivity contribution in [1.82, 2.24) is 10.2 Å². The van der Waals surface area contributed by atoms with Crippen LogP contribution in [0, 0.1) is 6.92 Å². The van der Waals surface area contributed by atoms with E-state index in [2.05, 4.69) is 10.2 Å². The van der Waals surface area contributed by atoms with Crippen LogP contribution in [0.25, 0.3) is 0 Å². The molecule has 2 aliphatic heterocycles. The van der Waals surface area contributed by atoms with Gasteiger partial charge in [-0.05, 0) is 65.4 Å². The van der Waals surface area contributed by atoms with E-state index < -0.39 is 47.2 Å². The third kappa shape index (κ3) is 4.42. The molecule has 1 spiro atoms. The lowest BCUT2D eigenvalue weighted by atomic mass is 9.54. The number of ether oxygens (including phenoxy) is 3. The number of rotatable bonds is 7. The summed E-state index contributed by atoms with van der Waals surface area (Å²) in [4.78, 5) is 38.6. The van der Waals surface area contributed by atoms with Gasteiger partial charge in [0.2, 0.25) is 5.91 Å². The zero-order chi connectivity index (χ0) is 28.0. The predicted octanol–water partition coefficient (Wildman–Crippen LogP) is 0.804. The van der Waals surface area contributed by atoms with E-state index in [0.29, 0.717) is 18.5 Å². The van der Waals surface area contributed by atoms with Crippen LogP contribution in [-0.4, -0.2) is 88.2 Å². The second kappa shape index (κ2) is 10.2. The van der Waals surface area contributed by atoms with Gasteiger partial charge in [0.1, 0.15) is 11.9 Å². The summed E-state index contributed by atoms with van der Waals surface area (Å²) in [6.45, 7) is 7.13. The number of aliphatic hydroxyl groups is 2. The number of esters is 2. The highest BCUT2D eigenvalue weighted by Crippen LogP contribution is 2.62. The molecule has 1 aromatic carbocycles. The average Bonchev–Trinajstić information content (AvgIpc) is 3.23. The van der Waals surface area contributed by atoms with Crippen molar-refractivity contribution in [3.63, 3.8) is 0 Å². The van der Waals surface area contributed by atoms with Gasteiger partial charge in [-0.1, -0.05) is 6.07 Å². The Morgan fingerprint density at radius 3 is 2.68 bits per heavy atom. The molecule has 11 nitrogen and oxygen atoms in total. The number of likely N-dealkylation sites (tertiary alicyclic amines) is 1. The highest BCUT2D eigenvalue weighted by atomic mass is 16.6. The summed E-state index contributed by atoms with van der Waals surface area (Å²) in [5, 5.41) is 34.4. The minimum atomic E-state index is -1.26. The molecule has 11 heteroatoms. The third-order valence-corrected chi connectivity index (χ3v) is 8.20. The van der Waals surface area contributed by atoms with Gasteiger partial charge >= 0.3 is 11.9 Å². The molecule has 1 amide bonds. The molecule has 0 radical (unpaired) electrons. The number of piperidine rings is 1. The zero-order valence-corrected chi connectivity index (χ0v) is 22.3. The Bertz CT molecular complexity index is 1170. The van der Waals surface area contributed by atoms with Crippen molar-refractivity contribution in [2.45, 2.75) is 82.3 Å². The number of nitrogens with zero attached hydrogens (tertiary/aromatic N) is 1. The Labute approximate surface area is 221 Å². The lowest BCUT2D eigenvalue weighted by Gasteiger charge is -2.58. The number of aliphatic hydroxyl groups excluding tert-OH is 1. The van der Waals surface area contributed by atoms with Crippen molar-refractivity contribution >= 4 is 17.8 Å². The van der Waals surface area contributed by atoms with Crippen LogP contribution in [0.1, 0.15) is 51.2 Å². The van der Waals surface area contributed by atoms with Crippen molar-refractivity contribution in [2.24, 2.45) is 0 Å². The number of hydrogen-bond donors (Lipinski definition) is 4. The molecule has 1 aliphatic carbocycles. The Balaban J connectivity index is 1.54. The molecule has 1 saturated heterocycles. The average molecular weight is 533 g/mol. The number of phenolic OH excluding ortho intramolecular Hbond substituents is 1. The Morgan fingerprint density at radius 2 is 2.00 bits per heavy atom. The molecule has 2 heterocycles. The maximum Gasteiger partial charge on any atom is 0.352 e. The van der Waals surface area contributed by atoms with Crippen molar-refractivity contribution in [3.8, 4) is 11.5 Å². The minimum absolute atomic E-state index is 0.0553. The van der Waals surface area contributed by atoms with Crippen molar-refractivity contribution < 1.29 is 43.9 Å². The molecule has 0 aromatic heterocycles. The third-order valence-electron chi connectivity index (χ3n) is 8.20. The molecule has 38 heavy (non-hydrogen) atoms. The molecule has 1 aromatic rings. The number of phenols is 1. The summed E-state index contributed by atoms with van der Waals surface area (Å²) in [7, 11) is 1.95. The lowest BCUT2D eigenvalue weighted by Crippen LogP contribution is -2.71. The van der Waals surface area contributed by atoms with Crippen LogP contribution in [0.2, 0.25) is 0 Å². The highest BCUT2D eigenvalue weighted by molar-refractivity contribution is 5.82. The van der Waals surface area contributed by atoms with Gasteiger partial charge in [0, 0.05) is 24.6 Å². The quantitative estimate of drug-likeness (QED) is 0.371. The second-order valence-electron chi connectivity index (χ2n) is 10.5. The standard InChI is InChI=1S/C27H36N2O9/c1-14-6-7-18(31)22-21(14)26-11-13-29(5)17(4)27(26,35)10-8-19(23(26)38-22)37-25(34)16(3)36-20(32)9-12-28-24(33)15(2)30/h6-8,15-17,23,30-31,35H,9-13H2,1-5H3,(H,28,33)/t15-,16-,17+,23?,26?,27+/m0/s1. The number of carbonyl (C=O) groups is 3. The number of aromatic hydroxyl groups is 1. The Morgan fingerprint density at radius 1 is 1.29 bits per heavy atom. The van der Waals surface area contributed by atoms with Crippen LogP contribution in [0.3, 0.4) is 0 Å². The van der Waals surface area contributed by atoms with Crippen LogP contribution in [0.15, 0.2) is 24.0 Å². The van der Waals surface area contributed by atoms with Crippen molar-refractivity contribution in [1.29, 1.82) is 0 Å². The molecule has 0 saturated carbocycles. The number of likely N-dealkylation sites (N-methyl/N-ethyl adjacent to an activating group) is 1. The highest BCUT2D eigenvalue weighted by Gasteiger charge is 2.69. The molecule has 3 aliphatic rings. The molecular formula is C27H36N2O9. The van der Waals surface area contributed by atoms with Crippen LogP contribution in [0.4, 0.5) is 0 Å². The molecule has 4 rings (SSSR count). The van der Waals surface area contributed by atoms with E-state index in [9.17, 15) is 29.7 Å². The van der Waals surface area contributed by atoms with E-state index in [1.807, 2.05) is 20.9 Å². The number of amides is 1. The van der Waals surface area contributed by atoms with E-state index in [-0.39, 0.29) is 42.7 Å². The molecule has 1 fully saturated rings. The Kier molecular flexibility index (Phi) is 7.48. The van der Waals surface area contributed by atoms with Gasteiger partial charge in [-0.2, -0.15) is 0 Å². The number of benzene rings is 1. The first-order chi connectivity index (χ1) is 17.8. The fraction of sp³-hybridized carbons (Fsp3) is 0.593. The van der Waals surface area contributed by atoms with Gasteiger partial charge in [-0.15, -0.1) is 0 Å². The monoisotopic (exact) mass is 532 g/mol. The smallest absolute Gasteiger partial charge is 0.352 e. The molecule has 0 bridgehead atoms.